The standard InChI is InChI=1S/C25H37NO3S.2H2/c1-17-9-7-6-8-10-21-23(28-21)14-22(18(2)13-20-16-30-19(3)26-20)29-24(27)11-12-25(4,5)15-17;;/h6,8,13,16-17,21-23H,7,9-12,14-15H2,1-5H3;2*1H/b8-6-,18-13+;;/t17-,21-,22?,23?;;/m1../s1. The molecular weight excluding hydrogens is 394 g/mol. The van der Waals surface area contributed by atoms with Gasteiger partial charge >= 0.3 is 5.97 Å². The maximum Gasteiger partial charge on any atom is 0.306 e. The fourth-order valence-corrected chi connectivity index (χ4v) is 5.01. The molecule has 1 aromatic heterocycles. The number of esters is 1. The molecule has 2 unspecified atom stereocenters. The zero-order valence-electron chi connectivity index (χ0n) is 19.1. The van der Waals surface area contributed by atoms with E-state index in [-0.39, 0.29) is 32.5 Å². The lowest BCUT2D eigenvalue weighted by Gasteiger charge is -2.28. The van der Waals surface area contributed by atoms with E-state index in [4.69, 9.17) is 9.47 Å². The Morgan fingerprint density at radius 3 is 2.87 bits per heavy atom. The highest BCUT2D eigenvalue weighted by Gasteiger charge is 2.40. The molecule has 170 valence electrons. The van der Waals surface area contributed by atoms with Crippen molar-refractivity contribution < 1.29 is 17.1 Å². The fourth-order valence-electron chi connectivity index (χ4n) is 4.44. The van der Waals surface area contributed by atoms with Gasteiger partial charge in [0.1, 0.15) is 6.10 Å². The maximum atomic E-state index is 12.7. The second-order valence-corrected chi connectivity index (χ2v) is 10.9. The number of aromatic nitrogens is 1. The molecule has 0 saturated carbocycles. The number of cyclic esters (lactones) is 1. The third kappa shape index (κ3) is 7.35. The van der Waals surface area contributed by atoms with Gasteiger partial charge < -0.3 is 9.47 Å². The highest BCUT2D eigenvalue weighted by molar-refractivity contribution is 7.09. The summed E-state index contributed by atoms with van der Waals surface area (Å²) in [4.78, 5) is 17.2. The number of carbonyl (C=O) groups is 1. The Morgan fingerprint density at radius 2 is 2.13 bits per heavy atom. The Morgan fingerprint density at radius 1 is 1.33 bits per heavy atom. The van der Waals surface area contributed by atoms with Crippen LogP contribution in [0.1, 0.15) is 86.2 Å². The number of nitrogens with zero attached hydrogens (tertiary/aromatic N) is 1. The lowest BCUT2D eigenvalue weighted by Crippen LogP contribution is -2.24. The lowest BCUT2D eigenvalue weighted by atomic mass is 9.78. The van der Waals surface area contributed by atoms with Gasteiger partial charge in [0.15, 0.2) is 0 Å². The molecule has 30 heavy (non-hydrogen) atoms. The SMILES string of the molecule is C/C(=C\c1csc(C)n1)C1CC2O[C@@H]2C/C=C\CC[C@@H](C)CC(C)(C)CCC(=O)O1.[HH].[HH]. The third-order valence-corrected chi connectivity index (χ3v) is 6.99. The Labute approximate surface area is 188 Å². The molecule has 2 aliphatic rings. The number of aryl methyl sites for hydroxylation is 1. The molecule has 3 heterocycles. The topological polar surface area (TPSA) is 51.7 Å². The van der Waals surface area contributed by atoms with Gasteiger partial charge in [0.25, 0.3) is 0 Å². The molecule has 1 saturated heterocycles. The van der Waals surface area contributed by atoms with Gasteiger partial charge in [0.2, 0.25) is 0 Å². The molecule has 4 atom stereocenters. The second kappa shape index (κ2) is 10.2. The van der Waals surface area contributed by atoms with Gasteiger partial charge in [-0.15, -0.1) is 11.3 Å². The molecular formula is C25H41NO3S. The number of hydrogen-bond donors (Lipinski definition) is 0. The zero-order chi connectivity index (χ0) is 21.7. The van der Waals surface area contributed by atoms with E-state index in [0.717, 1.165) is 48.4 Å². The van der Waals surface area contributed by atoms with Crippen molar-refractivity contribution in [1.29, 1.82) is 0 Å². The molecule has 4 nitrogen and oxygen atoms in total. The van der Waals surface area contributed by atoms with Gasteiger partial charge in [-0.25, -0.2) is 4.98 Å². The Kier molecular flexibility index (Phi) is 7.92. The Hall–Kier alpha value is -1.46. The number of hydrogen-bond acceptors (Lipinski definition) is 5. The molecule has 0 spiro atoms. The second-order valence-electron chi connectivity index (χ2n) is 9.86. The van der Waals surface area contributed by atoms with E-state index >= 15 is 0 Å². The predicted molar refractivity (Wildman–Crippen MR) is 128 cm³/mol. The number of ether oxygens (including phenoxy) is 2. The predicted octanol–water partition coefficient (Wildman–Crippen LogP) is 6.99. The van der Waals surface area contributed by atoms with Gasteiger partial charge in [-0.3, -0.25) is 4.79 Å². The van der Waals surface area contributed by atoms with E-state index in [2.05, 4.69) is 37.9 Å². The first-order valence-corrected chi connectivity index (χ1v) is 12.2. The molecule has 0 bridgehead atoms. The summed E-state index contributed by atoms with van der Waals surface area (Å²) in [5.74, 6) is 0.546. The maximum absolute atomic E-state index is 12.7. The van der Waals surface area contributed by atoms with Crippen LogP contribution in [0.4, 0.5) is 0 Å². The minimum Gasteiger partial charge on any atom is -0.458 e. The van der Waals surface area contributed by atoms with E-state index in [1.165, 1.54) is 6.42 Å². The summed E-state index contributed by atoms with van der Waals surface area (Å²) in [6.45, 7) is 10.9. The molecule has 1 aromatic rings. The van der Waals surface area contributed by atoms with Crippen molar-refractivity contribution in [3.63, 3.8) is 0 Å². The van der Waals surface area contributed by atoms with Gasteiger partial charge in [0, 0.05) is 21.1 Å². The van der Waals surface area contributed by atoms with Crippen molar-refractivity contribution in [2.75, 3.05) is 0 Å². The number of allylic oxidation sites excluding steroid dienone is 1. The fraction of sp³-hybridized carbons (Fsp3) is 0.680. The van der Waals surface area contributed by atoms with Crippen molar-refractivity contribution in [1.82, 2.24) is 4.98 Å². The van der Waals surface area contributed by atoms with Gasteiger partial charge in [0.05, 0.1) is 22.9 Å². The first-order valence-electron chi connectivity index (χ1n) is 11.3. The highest BCUT2D eigenvalue weighted by Crippen LogP contribution is 2.35. The summed E-state index contributed by atoms with van der Waals surface area (Å²) in [7, 11) is 0. The summed E-state index contributed by atoms with van der Waals surface area (Å²) in [5.41, 5.74) is 2.11. The quantitative estimate of drug-likeness (QED) is 0.285. The Balaban J connectivity index is 0.00000256. The molecule has 2 aliphatic heterocycles. The number of rotatable bonds is 2. The largest absolute Gasteiger partial charge is 0.458 e. The number of thiazole rings is 1. The van der Waals surface area contributed by atoms with Crippen LogP contribution in [0.25, 0.3) is 6.08 Å². The van der Waals surface area contributed by atoms with Crippen LogP contribution in [-0.4, -0.2) is 29.3 Å². The molecule has 0 radical (unpaired) electrons. The molecule has 0 N–H and O–H groups in total. The molecule has 0 aliphatic carbocycles. The normalized spacial score (nSPS) is 32.2. The molecule has 0 amide bonds. The van der Waals surface area contributed by atoms with E-state index in [0.29, 0.717) is 12.3 Å². The van der Waals surface area contributed by atoms with E-state index < -0.39 is 0 Å². The van der Waals surface area contributed by atoms with Crippen molar-refractivity contribution in [2.24, 2.45) is 11.3 Å². The molecule has 3 rings (SSSR count). The van der Waals surface area contributed by atoms with Gasteiger partial charge in [-0.1, -0.05) is 32.9 Å². The van der Waals surface area contributed by atoms with Crippen molar-refractivity contribution in [3.05, 3.63) is 33.8 Å². The lowest BCUT2D eigenvalue weighted by molar-refractivity contribution is -0.148. The minimum absolute atomic E-state index is 0. The average Bonchev–Trinajstić information content (AvgIpc) is 3.27. The molecule has 0 aromatic carbocycles. The van der Waals surface area contributed by atoms with Crippen LogP contribution in [-0.2, 0) is 14.3 Å². The summed E-state index contributed by atoms with van der Waals surface area (Å²) in [6, 6.07) is 0. The molecule has 1 fully saturated rings. The zero-order valence-corrected chi connectivity index (χ0v) is 20.0. The number of fused-ring (bicyclic) bond motifs is 1. The van der Waals surface area contributed by atoms with Crippen LogP contribution in [0.3, 0.4) is 0 Å². The van der Waals surface area contributed by atoms with Crippen molar-refractivity contribution >= 4 is 23.4 Å². The van der Waals surface area contributed by atoms with Crippen LogP contribution in [0, 0.1) is 18.3 Å². The van der Waals surface area contributed by atoms with Gasteiger partial charge in [-0.05, 0) is 68.9 Å². The van der Waals surface area contributed by atoms with E-state index in [1.807, 2.05) is 25.3 Å². The first-order chi connectivity index (χ1) is 14.2. The number of carbonyl (C=O) groups excluding carboxylic acids is 1. The summed E-state index contributed by atoms with van der Waals surface area (Å²) in [6.07, 6.45) is 13.2. The van der Waals surface area contributed by atoms with Crippen LogP contribution >= 0.6 is 11.3 Å². The Bertz CT molecular complexity index is 790. The number of epoxide rings is 1. The van der Waals surface area contributed by atoms with Crippen LogP contribution < -0.4 is 0 Å². The third-order valence-electron chi connectivity index (χ3n) is 6.20. The van der Waals surface area contributed by atoms with E-state index in [9.17, 15) is 4.79 Å². The molecule has 5 heteroatoms. The van der Waals surface area contributed by atoms with Crippen LogP contribution in [0.5, 0.6) is 0 Å². The van der Waals surface area contributed by atoms with Crippen LogP contribution in [0.2, 0.25) is 0 Å². The van der Waals surface area contributed by atoms with Crippen LogP contribution in [0.15, 0.2) is 23.1 Å². The average molecular weight is 436 g/mol. The monoisotopic (exact) mass is 435 g/mol. The smallest absolute Gasteiger partial charge is 0.306 e. The van der Waals surface area contributed by atoms with Crippen molar-refractivity contribution in [2.45, 2.75) is 97.9 Å². The van der Waals surface area contributed by atoms with E-state index in [1.54, 1.807) is 11.3 Å². The van der Waals surface area contributed by atoms with Crippen molar-refractivity contribution in [3.8, 4) is 0 Å². The summed E-state index contributed by atoms with van der Waals surface area (Å²) in [5, 5.41) is 3.08. The summed E-state index contributed by atoms with van der Waals surface area (Å²) >= 11 is 1.63. The van der Waals surface area contributed by atoms with Gasteiger partial charge in [-0.2, -0.15) is 0 Å². The first kappa shape index (κ1) is 23.2. The minimum atomic E-state index is -0.256. The highest BCUT2D eigenvalue weighted by atomic mass is 32.1. The summed E-state index contributed by atoms with van der Waals surface area (Å²) < 4.78 is 11.9.